The number of benzene rings is 18. The maximum Gasteiger partial charge on any atom is 0.235 e. The summed E-state index contributed by atoms with van der Waals surface area (Å²) in [7, 11) is 0. The van der Waals surface area contributed by atoms with Crippen LogP contribution in [-0.2, 0) is 17.3 Å². The summed E-state index contributed by atoms with van der Waals surface area (Å²) >= 11 is 6.07. The minimum absolute atomic E-state index is 0.0485. The van der Waals surface area contributed by atoms with Gasteiger partial charge < -0.3 is 0 Å². The van der Waals surface area contributed by atoms with Crippen LogP contribution < -0.4 is 0 Å². The van der Waals surface area contributed by atoms with Gasteiger partial charge in [0.05, 0.1) is 33.5 Å². The molecule has 21 aromatic rings. The van der Waals surface area contributed by atoms with E-state index in [2.05, 4.69) is 333 Å². The lowest BCUT2D eigenvalue weighted by Gasteiger charge is -2.22. The van der Waals surface area contributed by atoms with Gasteiger partial charge in [0, 0.05) is 43.5 Å². The molecule has 0 spiro atoms. The van der Waals surface area contributed by atoms with E-state index in [0.717, 1.165) is 61.8 Å². The Morgan fingerprint density at radius 2 is 0.633 bits per heavy atom. The molecule has 0 amide bonds. The highest BCUT2D eigenvalue weighted by atomic mass is 35.5. The third-order valence-corrected chi connectivity index (χ3v) is 24.4. The lowest BCUT2D eigenvalue weighted by molar-refractivity contribution is 0.659. The summed E-state index contributed by atoms with van der Waals surface area (Å²) in [5, 5.41) is 25.2. The molecule has 0 saturated carbocycles. The average Bonchev–Trinajstić information content (AvgIpc) is 1.58. The van der Waals surface area contributed by atoms with Crippen LogP contribution in [0.4, 0.5) is 0 Å². The highest BCUT2D eigenvalue weighted by Gasteiger charge is 2.39. The lowest BCUT2D eigenvalue weighted by atomic mass is 9.81. The van der Waals surface area contributed by atoms with Crippen molar-refractivity contribution in [1.82, 2.24) is 24.5 Å². The predicted molar refractivity (Wildman–Crippen MR) is 459 cm³/mol. The van der Waals surface area contributed by atoms with Crippen molar-refractivity contribution in [3.63, 3.8) is 0 Å². The van der Waals surface area contributed by atoms with Crippen molar-refractivity contribution < 1.29 is 0 Å². The molecule has 3 aliphatic rings. The molecular weight excluding hydrogens is 1340 g/mol. The molecule has 18 aromatic carbocycles. The van der Waals surface area contributed by atoms with E-state index >= 15 is 0 Å². The minimum atomic E-state index is -0.154. The number of halogens is 1. The highest BCUT2D eigenvalue weighted by Crippen LogP contribution is 2.55. The number of rotatable bonds is 3. The second-order valence-electron chi connectivity index (χ2n) is 30.8. The maximum absolute atomic E-state index is 6.07. The lowest BCUT2D eigenvalue weighted by Crippen LogP contribution is -2.15. The van der Waals surface area contributed by atoms with Gasteiger partial charge in [0.25, 0.3) is 0 Å². The van der Waals surface area contributed by atoms with Crippen LogP contribution in [0.15, 0.2) is 328 Å². The molecule has 3 heterocycles. The van der Waals surface area contributed by atoms with Gasteiger partial charge >= 0.3 is 0 Å². The van der Waals surface area contributed by atoms with Crippen LogP contribution in [0.3, 0.4) is 0 Å². The Morgan fingerprint density at radius 1 is 0.257 bits per heavy atom. The molecule has 6 heteroatoms. The molecule has 5 nitrogen and oxygen atoms in total. The van der Waals surface area contributed by atoms with E-state index in [-0.39, 0.29) is 16.1 Å². The molecule has 3 aliphatic carbocycles. The Kier molecular flexibility index (Phi) is 13.8. The Bertz CT molecular complexity index is 7550. The van der Waals surface area contributed by atoms with Crippen molar-refractivity contribution in [2.75, 3.05) is 0 Å². The third kappa shape index (κ3) is 9.66. The van der Waals surface area contributed by atoms with Gasteiger partial charge in [-0.2, -0.15) is 0 Å². The van der Waals surface area contributed by atoms with Gasteiger partial charge in [-0.15, -0.1) is 0 Å². The first-order valence-electron chi connectivity index (χ1n) is 37.7. The molecule has 109 heavy (non-hydrogen) atoms. The fourth-order valence-corrected chi connectivity index (χ4v) is 19.1. The fourth-order valence-electron chi connectivity index (χ4n) is 18.9. The van der Waals surface area contributed by atoms with Crippen LogP contribution in [0.25, 0.3) is 192 Å². The number of para-hydroxylation sites is 2. The summed E-state index contributed by atoms with van der Waals surface area (Å²) in [5.41, 5.74) is 24.6. The zero-order valence-electron chi connectivity index (χ0n) is 60.5. The summed E-state index contributed by atoms with van der Waals surface area (Å²) in [4.78, 5) is 19.6. The van der Waals surface area contributed by atoms with Gasteiger partial charge in [0.2, 0.25) is 11.2 Å². The Balaban J connectivity index is 0.000000113. The Hall–Kier alpha value is -13.2. The van der Waals surface area contributed by atoms with E-state index in [1.165, 1.54) is 164 Å². The van der Waals surface area contributed by atoms with E-state index in [1.54, 1.807) is 0 Å². The molecule has 0 N–H and O–H groups in total. The monoisotopic (exact) mass is 1410 g/mol. The van der Waals surface area contributed by atoms with E-state index in [0.29, 0.717) is 5.95 Å². The molecule has 0 radical (unpaired) electrons. The third-order valence-electron chi connectivity index (χ3n) is 24.2. The van der Waals surface area contributed by atoms with Gasteiger partial charge in [-0.05, 0) is 238 Å². The van der Waals surface area contributed by atoms with Crippen LogP contribution in [-0.4, -0.2) is 24.5 Å². The van der Waals surface area contributed by atoms with Gasteiger partial charge in [0.15, 0.2) is 0 Å². The second kappa shape index (κ2) is 23.9. The molecule has 3 aromatic heterocycles. The van der Waals surface area contributed by atoms with Crippen molar-refractivity contribution >= 4 is 141 Å². The van der Waals surface area contributed by atoms with Crippen molar-refractivity contribution in [2.45, 2.75) is 44.9 Å². The summed E-state index contributed by atoms with van der Waals surface area (Å²) in [6.45, 7) is 9.46. The largest absolute Gasteiger partial charge is 0.278 e. The van der Waals surface area contributed by atoms with Crippen molar-refractivity contribution in [2.24, 2.45) is 0 Å². The summed E-state index contributed by atoms with van der Waals surface area (Å²) in [5.74, 6) is 0.676. The average molecular weight is 1410 g/mol. The SMILES string of the molecule is CC1(C)c2ccccc2-c2cc3c(cc21)Cc1cc2c4ccccc4c4ccccc4c2cc1-3.CC1(C)c2ccccc2-c2cc3c4cc5c6ccccc6c6ccccc6c5cc4n(-c4nc(-c5ccc6ccccc6c5)c5ccccc5n4)c3cc21.Clc1nc(-c2ccc3ccccc3c2)c2ccccc2n1. The normalized spacial score (nSPS) is 13.5. The zero-order chi connectivity index (χ0) is 72.5. The molecule has 0 unspecified atom stereocenters. The van der Waals surface area contributed by atoms with E-state index in [1.807, 2.05) is 36.4 Å². The first-order chi connectivity index (χ1) is 53.4. The van der Waals surface area contributed by atoms with Gasteiger partial charge in [0.1, 0.15) is 0 Å². The zero-order valence-corrected chi connectivity index (χ0v) is 61.3. The molecule has 0 aliphatic heterocycles. The summed E-state index contributed by atoms with van der Waals surface area (Å²) < 4.78 is 2.34. The number of aromatic nitrogens is 5. The van der Waals surface area contributed by atoms with Gasteiger partial charge in [-0.25, -0.2) is 19.9 Å². The minimum Gasteiger partial charge on any atom is -0.278 e. The van der Waals surface area contributed by atoms with Gasteiger partial charge in [-0.1, -0.05) is 289 Å². The molecule has 512 valence electrons. The quantitative estimate of drug-likeness (QED) is 0.131. The predicted octanol–water partition coefficient (Wildman–Crippen LogP) is 27.4. The smallest absolute Gasteiger partial charge is 0.235 e. The second-order valence-corrected chi connectivity index (χ2v) is 31.2. The topological polar surface area (TPSA) is 56.5 Å². The Labute approximate surface area is 634 Å². The molecule has 0 atom stereocenters. The first-order valence-corrected chi connectivity index (χ1v) is 38.1. The van der Waals surface area contributed by atoms with Crippen molar-refractivity contribution in [3.8, 4) is 61.8 Å². The molecule has 0 bridgehead atoms. The molecule has 0 fully saturated rings. The molecule has 24 rings (SSSR count). The molecular formula is C103H68ClN5. The first kappa shape index (κ1) is 63.1. The number of fused-ring (bicyclic) bond motifs is 28. The molecule has 0 saturated heterocycles. The van der Waals surface area contributed by atoms with E-state index in [4.69, 9.17) is 21.6 Å². The van der Waals surface area contributed by atoms with Crippen molar-refractivity contribution in [3.05, 3.63) is 366 Å². The van der Waals surface area contributed by atoms with Crippen LogP contribution in [0, 0.1) is 0 Å². The maximum atomic E-state index is 6.07. The standard InChI is InChI=1S/C51H33N3.C34H24.C18H11ClN2/c1-51(2)44-21-11-9-19-37(44)41-27-43-42-26-39-35-17-7-5-15-33(35)34-16-6-8-18-36(34)40(39)28-47(42)54(48(43)29-45(41)51)50-52-46-22-12-10-20-38(46)49(53-50)32-24-23-30-13-3-4-14-31(30)25-32;1-34(2)32-14-8-7-13-26(32)31-19-28-21(17-33(31)34)15-20-16-29-24-11-5-3-9-22(24)23-10-4-6-12-25(23)30(29)18-27(20)28;19-18-20-16-8-4-3-7-15(16)17(21-18)14-10-9-12-5-1-2-6-13(12)11-14/h3-29H,1-2H3;3-14,16-19H,15H2,1-2H3;1-11H. The van der Waals surface area contributed by atoms with Crippen LogP contribution in [0.1, 0.15) is 61.1 Å². The number of hydrogen-bond donors (Lipinski definition) is 0. The number of nitrogens with zero attached hydrogens (tertiary/aromatic N) is 5. The fraction of sp³-hybridized carbons (Fsp3) is 0.0680. The van der Waals surface area contributed by atoms with Crippen LogP contribution in [0.2, 0.25) is 5.28 Å². The van der Waals surface area contributed by atoms with Crippen LogP contribution >= 0.6 is 11.6 Å². The van der Waals surface area contributed by atoms with Crippen molar-refractivity contribution in [1.29, 1.82) is 0 Å². The van der Waals surface area contributed by atoms with Crippen LogP contribution in [0.5, 0.6) is 0 Å². The summed E-state index contributed by atoms with van der Waals surface area (Å²) in [6, 6.07) is 119. The van der Waals surface area contributed by atoms with E-state index < -0.39 is 0 Å². The highest BCUT2D eigenvalue weighted by molar-refractivity contribution is 6.30. The Morgan fingerprint density at radius 3 is 1.18 bits per heavy atom. The number of hydrogen-bond acceptors (Lipinski definition) is 4. The van der Waals surface area contributed by atoms with E-state index in [9.17, 15) is 0 Å². The van der Waals surface area contributed by atoms with Gasteiger partial charge in [-0.3, -0.25) is 4.57 Å². The summed E-state index contributed by atoms with van der Waals surface area (Å²) in [6.07, 6.45) is 1.02.